The topological polar surface area (TPSA) is 128 Å². The van der Waals surface area contributed by atoms with Gasteiger partial charge in [-0.3, -0.25) is 15.0 Å². The molecule has 0 aromatic heterocycles. The van der Waals surface area contributed by atoms with Crippen molar-refractivity contribution in [3.63, 3.8) is 0 Å². The molecular formula is C21H22ClFN4O4S. The van der Waals surface area contributed by atoms with Gasteiger partial charge in [-0.25, -0.2) is 15.0 Å². The van der Waals surface area contributed by atoms with Gasteiger partial charge in [0.05, 0.1) is 17.8 Å². The third-order valence-corrected chi connectivity index (χ3v) is 5.49. The van der Waals surface area contributed by atoms with Crippen LogP contribution in [0.1, 0.15) is 22.3 Å². The van der Waals surface area contributed by atoms with Gasteiger partial charge < -0.3 is 15.4 Å². The van der Waals surface area contributed by atoms with Crippen LogP contribution in [-0.2, 0) is 16.1 Å². The highest BCUT2D eigenvalue weighted by Gasteiger charge is 2.26. The number of hydrogen-bond acceptors (Lipinski definition) is 6. The number of halogens is 2. The lowest BCUT2D eigenvalue weighted by Gasteiger charge is -2.23. The Morgan fingerprint density at radius 2 is 2.00 bits per heavy atom. The Balaban J connectivity index is 0.000000451. The molecule has 3 amide bonds. The Bertz CT molecular complexity index is 1000. The predicted octanol–water partition coefficient (Wildman–Crippen LogP) is 3.38. The molecule has 1 heterocycles. The highest BCUT2D eigenvalue weighted by molar-refractivity contribution is 7.99. The number of thioether (sulfide) groups is 1. The maximum Gasteiger partial charge on any atom is 0.404 e. The van der Waals surface area contributed by atoms with E-state index in [4.69, 9.17) is 17.4 Å². The number of hydrogen-bond donors (Lipinski definition) is 3. The average molecular weight is 481 g/mol. The van der Waals surface area contributed by atoms with Crippen molar-refractivity contribution in [1.82, 2.24) is 5.43 Å². The van der Waals surface area contributed by atoms with Crippen LogP contribution in [0.25, 0.3) is 0 Å². The van der Waals surface area contributed by atoms with Gasteiger partial charge >= 0.3 is 6.09 Å². The number of primary amides is 1. The number of amides is 3. The Kier molecular flexibility index (Phi) is 9.51. The largest absolute Gasteiger partial charge is 0.445 e. The van der Waals surface area contributed by atoms with Crippen LogP contribution in [0.2, 0.25) is 5.02 Å². The quantitative estimate of drug-likeness (QED) is 0.260. The lowest BCUT2D eigenvalue weighted by molar-refractivity contribution is -0.118. The molecular weight excluding hydrogens is 459 g/mol. The van der Waals surface area contributed by atoms with Gasteiger partial charge in [0.1, 0.15) is 12.4 Å². The van der Waals surface area contributed by atoms with Crippen LogP contribution in [0.4, 0.5) is 14.9 Å². The molecule has 0 aliphatic carbocycles. The second-order valence-corrected chi connectivity index (χ2v) is 7.97. The van der Waals surface area contributed by atoms with Crippen LogP contribution in [0.5, 0.6) is 0 Å². The number of benzene rings is 2. The molecule has 3 rings (SSSR count). The lowest BCUT2D eigenvalue weighted by atomic mass is 10.1. The summed E-state index contributed by atoms with van der Waals surface area (Å²) in [6.07, 6.45) is 1.01. The summed E-state index contributed by atoms with van der Waals surface area (Å²) in [5.41, 5.74) is 7.68. The van der Waals surface area contributed by atoms with E-state index in [2.05, 4.69) is 17.0 Å². The molecule has 0 saturated heterocycles. The maximum absolute atomic E-state index is 14.2. The summed E-state index contributed by atoms with van der Waals surface area (Å²) >= 11 is 7.28. The van der Waals surface area contributed by atoms with Crippen LogP contribution in [0.3, 0.4) is 0 Å². The Labute approximate surface area is 193 Å². The molecule has 1 aliphatic heterocycles. The molecule has 2 aromatic carbocycles. The van der Waals surface area contributed by atoms with Crippen molar-refractivity contribution >= 4 is 47.0 Å². The van der Waals surface area contributed by atoms with E-state index in [1.165, 1.54) is 30.0 Å². The number of hydrazine groups is 1. The number of anilines is 1. The molecule has 0 radical (unpaired) electrons. The first-order chi connectivity index (χ1) is 15.3. The molecule has 170 valence electrons. The zero-order valence-electron chi connectivity index (χ0n) is 17.0. The summed E-state index contributed by atoms with van der Waals surface area (Å²) in [6.45, 7) is 3.79. The number of fused-ring (bicyclic) bond motifs is 1. The van der Waals surface area contributed by atoms with Crippen LogP contribution in [-0.4, -0.2) is 30.3 Å². The van der Waals surface area contributed by atoms with E-state index in [0.29, 0.717) is 34.3 Å². The number of nitrogens with two attached hydrogens (primary N) is 2. The van der Waals surface area contributed by atoms with Crippen molar-refractivity contribution < 1.29 is 23.5 Å². The summed E-state index contributed by atoms with van der Waals surface area (Å²) in [5, 5.41) is 0.603. The van der Waals surface area contributed by atoms with Gasteiger partial charge in [-0.1, -0.05) is 36.4 Å². The fraction of sp³-hybridized carbons (Fsp3) is 0.190. The molecule has 0 atom stereocenters. The van der Waals surface area contributed by atoms with E-state index in [-0.39, 0.29) is 18.1 Å². The zero-order chi connectivity index (χ0) is 23.7. The van der Waals surface area contributed by atoms with Gasteiger partial charge in [0.2, 0.25) is 5.91 Å². The smallest absolute Gasteiger partial charge is 0.404 e. The Morgan fingerprint density at radius 1 is 1.31 bits per heavy atom. The summed E-state index contributed by atoms with van der Waals surface area (Å²) in [4.78, 5) is 36.2. The number of nitrogen functional groups attached to an aromatic ring is 1. The van der Waals surface area contributed by atoms with Crippen LogP contribution < -0.4 is 21.9 Å². The fourth-order valence-electron chi connectivity index (χ4n) is 2.73. The van der Waals surface area contributed by atoms with Crippen molar-refractivity contribution in [2.45, 2.75) is 17.9 Å². The van der Waals surface area contributed by atoms with Crippen molar-refractivity contribution in [3.05, 3.63) is 71.0 Å². The third kappa shape index (κ3) is 6.98. The van der Waals surface area contributed by atoms with E-state index in [1.807, 2.05) is 17.6 Å². The molecule has 8 nitrogen and oxygen atoms in total. The van der Waals surface area contributed by atoms with Crippen molar-refractivity contribution in [2.75, 3.05) is 17.3 Å². The molecule has 32 heavy (non-hydrogen) atoms. The highest BCUT2D eigenvalue weighted by atomic mass is 35.5. The van der Waals surface area contributed by atoms with Crippen LogP contribution in [0, 0.1) is 5.82 Å². The van der Waals surface area contributed by atoms with Gasteiger partial charge in [0, 0.05) is 22.1 Å². The zero-order valence-corrected chi connectivity index (χ0v) is 18.5. The fourth-order valence-corrected chi connectivity index (χ4v) is 3.85. The number of nitrogens with one attached hydrogen (secondary N) is 1. The van der Waals surface area contributed by atoms with E-state index in [1.54, 1.807) is 17.0 Å². The standard InChI is InChI=1S/C17H15ClFN3O2S.C4H7NO2/c18-11-3-1-10(2-4-11)9-22-14-7-12(17(24)21-20)13(19)8-15(14)25-6-5-16(22)23;1-2-3-7-4(5)6/h1-4,7-8H,5-6,9,20H2,(H,21,24);2H,1,3H2,(H2,5,6). The minimum absolute atomic E-state index is 0.0908. The van der Waals surface area contributed by atoms with Crippen molar-refractivity contribution in [2.24, 2.45) is 11.6 Å². The molecule has 1 aliphatic rings. The van der Waals surface area contributed by atoms with Crippen molar-refractivity contribution in [1.29, 1.82) is 0 Å². The lowest BCUT2D eigenvalue weighted by Crippen LogP contribution is -2.32. The number of ether oxygens (including phenoxy) is 1. The SMILES string of the molecule is C=CCOC(N)=O.NNC(=O)c1cc2c(cc1F)SCCC(=O)N2Cc1ccc(Cl)cc1. The first kappa shape index (κ1) is 25.2. The molecule has 11 heteroatoms. The molecule has 2 aromatic rings. The molecule has 0 spiro atoms. The molecule has 0 unspecified atom stereocenters. The first-order valence-electron chi connectivity index (χ1n) is 9.32. The molecule has 5 N–H and O–H groups in total. The second-order valence-electron chi connectivity index (χ2n) is 6.40. The van der Waals surface area contributed by atoms with Gasteiger partial charge in [-0.2, -0.15) is 0 Å². The third-order valence-electron chi connectivity index (χ3n) is 4.19. The van der Waals surface area contributed by atoms with Gasteiger partial charge in [0.25, 0.3) is 5.91 Å². The van der Waals surface area contributed by atoms with E-state index in [9.17, 15) is 18.8 Å². The van der Waals surface area contributed by atoms with E-state index >= 15 is 0 Å². The number of nitrogens with zero attached hydrogens (tertiary/aromatic N) is 1. The predicted molar refractivity (Wildman–Crippen MR) is 122 cm³/mol. The summed E-state index contributed by atoms with van der Waals surface area (Å²) in [6, 6.07) is 9.78. The summed E-state index contributed by atoms with van der Waals surface area (Å²) in [5.74, 6) is 4.16. The Morgan fingerprint density at radius 3 is 2.56 bits per heavy atom. The first-order valence-corrected chi connectivity index (χ1v) is 10.7. The van der Waals surface area contributed by atoms with Crippen molar-refractivity contribution in [3.8, 4) is 0 Å². The summed E-state index contributed by atoms with van der Waals surface area (Å²) < 4.78 is 18.4. The van der Waals surface area contributed by atoms with Gasteiger partial charge in [-0.15, -0.1) is 11.8 Å². The van der Waals surface area contributed by atoms with Gasteiger partial charge in [-0.05, 0) is 29.8 Å². The second kappa shape index (κ2) is 12.1. The minimum Gasteiger partial charge on any atom is -0.445 e. The Hall–Kier alpha value is -3.08. The van der Waals surface area contributed by atoms with Gasteiger partial charge in [0.15, 0.2) is 0 Å². The summed E-state index contributed by atoms with van der Waals surface area (Å²) in [7, 11) is 0. The van der Waals surface area contributed by atoms with Crippen LogP contribution in [0.15, 0.2) is 53.9 Å². The minimum atomic E-state index is -0.764. The molecule has 0 saturated carbocycles. The molecule has 0 bridgehead atoms. The van der Waals surface area contributed by atoms with E-state index < -0.39 is 17.8 Å². The van der Waals surface area contributed by atoms with E-state index in [0.717, 1.165) is 5.56 Å². The average Bonchev–Trinajstić information content (AvgIpc) is 2.91. The maximum atomic E-state index is 14.2. The highest BCUT2D eigenvalue weighted by Crippen LogP contribution is 2.37. The monoisotopic (exact) mass is 480 g/mol. The normalized spacial score (nSPS) is 12.6. The van der Waals surface area contributed by atoms with Crippen LogP contribution >= 0.6 is 23.4 Å². The number of carbonyl (C=O) groups excluding carboxylic acids is 3. The molecule has 0 fully saturated rings. The number of rotatable bonds is 5. The number of carbonyl (C=O) groups is 3.